The van der Waals surface area contributed by atoms with Crippen LogP contribution >= 0.6 is 0 Å². The maximum Gasteiger partial charge on any atom is 0.0695 e. The minimum atomic E-state index is -0.0860. The van der Waals surface area contributed by atoms with E-state index in [9.17, 15) is 5.11 Å². The fourth-order valence-electron chi connectivity index (χ4n) is 3.94. The van der Waals surface area contributed by atoms with Crippen molar-refractivity contribution in [3.8, 4) is 0 Å². The zero-order valence-electron chi connectivity index (χ0n) is 12.4. The highest BCUT2D eigenvalue weighted by Gasteiger charge is 2.34. The van der Waals surface area contributed by atoms with Crippen LogP contribution in [-0.4, -0.2) is 35.2 Å². The number of hydrogen-bond donors (Lipinski definition) is 1. The van der Waals surface area contributed by atoms with Gasteiger partial charge in [0.05, 0.1) is 6.10 Å². The SMILES string of the molecule is CCC1CCC(O)C(N(C)C2CCC(C)CC2)C1. The molecule has 0 spiro atoms. The fraction of sp³-hybridized carbons (Fsp3) is 1.00. The molecule has 0 radical (unpaired) electrons. The Bertz CT molecular complexity index is 247. The van der Waals surface area contributed by atoms with Crippen LogP contribution in [0.3, 0.4) is 0 Å². The van der Waals surface area contributed by atoms with E-state index in [1.807, 2.05) is 0 Å². The Morgan fingerprint density at radius 3 is 2.33 bits per heavy atom. The summed E-state index contributed by atoms with van der Waals surface area (Å²) in [5, 5.41) is 10.3. The number of aliphatic hydroxyl groups is 1. The number of likely N-dealkylation sites (N-methyl/N-ethyl adjacent to an activating group) is 1. The molecule has 0 amide bonds. The molecule has 2 aliphatic rings. The van der Waals surface area contributed by atoms with Crippen molar-refractivity contribution in [2.24, 2.45) is 11.8 Å². The molecule has 2 fully saturated rings. The molecule has 0 aliphatic heterocycles. The molecule has 0 bridgehead atoms. The maximum atomic E-state index is 10.3. The first-order chi connectivity index (χ1) is 8.61. The zero-order valence-corrected chi connectivity index (χ0v) is 12.4. The predicted octanol–water partition coefficient (Wildman–Crippen LogP) is 3.44. The van der Waals surface area contributed by atoms with Gasteiger partial charge in [-0.15, -0.1) is 0 Å². The van der Waals surface area contributed by atoms with E-state index in [0.29, 0.717) is 6.04 Å². The van der Waals surface area contributed by atoms with Crippen molar-refractivity contribution in [1.29, 1.82) is 0 Å². The Kier molecular flexibility index (Phi) is 5.08. The highest BCUT2D eigenvalue weighted by molar-refractivity contribution is 4.89. The minimum Gasteiger partial charge on any atom is -0.391 e. The van der Waals surface area contributed by atoms with Gasteiger partial charge in [-0.25, -0.2) is 0 Å². The van der Waals surface area contributed by atoms with Gasteiger partial charge in [-0.1, -0.05) is 20.3 Å². The fourth-order valence-corrected chi connectivity index (χ4v) is 3.94. The highest BCUT2D eigenvalue weighted by Crippen LogP contribution is 2.34. The lowest BCUT2D eigenvalue weighted by molar-refractivity contribution is -0.0128. The molecule has 2 nitrogen and oxygen atoms in total. The van der Waals surface area contributed by atoms with E-state index in [2.05, 4.69) is 25.8 Å². The van der Waals surface area contributed by atoms with Crippen molar-refractivity contribution in [2.45, 2.75) is 83.4 Å². The molecule has 106 valence electrons. The van der Waals surface area contributed by atoms with Crippen molar-refractivity contribution < 1.29 is 5.11 Å². The van der Waals surface area contributed by atoms with Gasteiger partial charge in [0, 0.05) is 12.1 Å². The third-order valence-electron chi connectivity index (χ3n) is 5.55. The Morgan fingerprint density at radius 2 is 1.72 bits per heavy atom. The summed E-state index contributed by atoms with van der Waals surface area (Å²) in [6.45, 7) is 4.67. The lowest BCUT2D eigenvalue weighted by atomic mass is 9.79. The summed E-state index contributed by atoms with van der Waals surface area (Å²) >= 11 is 0. The van der Waals surface area contributed by atoms with Gasteiger partial charge in [-0.3, -0.25) is 4.90 Å². The predicted molar refractivity (Wildman–Crippen MR) is 76.6 cm³/mol. The van der Waals surface area contributed by atoms with Crippen LogP contribution in [0.2, 0.25) is 0 Å². The molecule has 18 heavy (non-hydrogen) atoms. The summed E-state index contributed by atoms with van der Waals surface area (Å²) < 4.78 is 0. The molecule has 3 unspecified atom stereocenters. The van der Waals surface area contributed by atoms with Crippen LogP contribution in [0.15, 0.2) is 0 Å². The maximum absolute atomic E-state index is 10.3. The van der Waals surface area contributed by atoms with Gasteiger partial charge in [0.1, 0.15) is 0 Å². The molecule has 1 N–H and O–H groups in total. The van der Waals surface area contributed by atoms with Crippen molar-refractivity contribution in [2.75, 3.05) is 7.05 Å². The van der Waals surface area contributed by atoms with E-state index in [1.54, 1.807) is 0 Å². The summed E-state index contributed by atoms with van der Waals surface area (Å²) in [5.41, 5.74) is 0. The Hall–Kier alpha value is -0.0800. The van der Waals surface area contributed by atoms with E-state index < -0.39 is 0 Å². The average molecular weight is 253 g/mol. The number of hydrogen-bond acceptors (Lipinski definition) is 2. The molecule has 0 heterocycles. The molecule has 2 aliphatic carbocycles. The van der Waals surface area contributed by atoms with E-state index >= 15 is 0 Å². The van der Waals surface area contributed by atoms with Crippen LogP contribution in [0.5, 0.6) is 0 Å². The third-order valence-corrected chi connectivity index (χ3v) is 5.55. The lowest BCUT2D eigenvalue weighted by Gasteiger charge is -2.44. The molecule has 0 aromatic heterocycles. The van der Waals surface area contributed by atoms with Gasteiger partial charge in [0.15, 0.2) is 0 Å². The molecule has 0 aromatic carbocycles. The van der Waals surface area contributed by atoms with Crippen LogP contribution in [0.25, 0.3) is 0 Å². The first-order valence-electron chi connectivity index (χ1n) is 8.01. The number of rotatable bonds is 3. The van der Waals surface area contributed by atoms with Gasteiger partial charge >= 0.3 is 0 Å². The third kappa shape index (κ3) is 3.27. The number of aliphatic hydroxyl groups excluding tert-OH is 1. The largest absolute Gasteiger partial charge is 0.391 e. The average Bonchev–Trinajstić information content (AvgIpc) is 2.39. The molecule has 0 aromatic rings. The van der Waals surface area contributed by atoms with Crippen LogP contribution in [-0.2, 0) is 0 Å². The van der Waals surface area contributed by atoms with Crippen LogP contribution < -0.4 is 0 Å². The molecular formula is C16H31NO. The van der Waals surface area contributed by atoms with Crippen molar-refractivity contribution in [3.05, 3.63) is 0 Å². The Labute approximate surface area is 113 Å². The van der Waals surface area contributed by atoms with Gasteiger partial charge in [0.2, 0.25) is 0 Å². The molecule has 2 heteroatoms. The highest BCUT2D eigenvalue weighted by atomic mass is 16.3. The topological polar surface area (TPSA) is 23.5 Å². The quantitative estimate of drug-likeness (QED) is 0.833. The second kappa shape index (κ2) is 6.38. The van der Waals surface area contributed by atoms with Crippen molar-refractivity contribution in [3.63, 3.8) is 0 Å². The Morgan fingerprint density at radius 1 is 1.06 bits per heavy atom. The van der Waals surface area contributed by atoms with Gasteiger partial charge < -0.3 is 5.11 Å². The van der Waals surface area contributed by atoms with Crippen LogP contribution in [0.4, 0.5) is 0 Å². The second-order valence-corrected chi connectivity index (χ2v) is 6.80. The molecule has 2 saturated carbocycles. The zero-order chi connectivity index (χ0) is 13.1. The van der Waals surface area contributed by atoms with Crippen LogP contribution in [0.1, 0.15) is 65.2 Å². The molecule has 0 saturated heterocycles. The summed E-state index contributed by atoms with van der Waals surface area (Å²) in [6.07, 6.45) is 10.0. The van der Waals surface area contributed by atoms with E-state index in [0.717, 1.165) is 24.3 Å². The first kappa shape index (κ1) is 14.3. The summed E-state index contributed by atoms with van der Waals surface area (Å²) in [7, 11) is 2.26. The van der Waals surface area contributed by atoms with Crippen molar-refractivity contribution in [1.82, 2.24) is 4.90 Å². The molecule has 2 rings (SSSR count). The van der Waals surface area contributed by atoms with Gasteiger partial charge in [-0.2, -0.15) is 0 Å². The van der Waals surface area contributed by atoms with Crippen LogP contribution in [0, 0.1) is 11.8 Å². The van der Waals surface area contributed by atoms with E-state index in [4.69, 9.17) is 0 Å². The Balaban J connectivity index is 1.91. The first-order valence-corrected chi connectivity index (χ1v) is 8.01. The normalized spacial score (nSPS) is 42.2. The van der Waals surface area contributed by atoms with E-state index in [1.165, 1.54) is 44.9 Å². The standard InChI is InChI=1S/C16H31NO/c1-4-13-7-10-16(18)15(11-13)17(3)14-8-5-12(2)6-9-14/h12-16,18H,4-11H2,1-3H3. The summed E-state index contributed by atoms with van der Waals surface area (Å²) in [4.78, 5) is 2.53. The second-order valence-electron chi connectivity index (χ2n) is 6.80. The minimum absolute atomic E-state index is 0.0860. The summed E-state index contributed by atoms with van der Waals surface area (Å²) in [6, 6.07) is 1.14. The monoisotopic (exact) mass is 253 g/mol. The van der Waals surface area contributed by atoms with E-state index in [-0.39, 0.29) is 6.10 Å². The van der Waals surface area contributed by atoms with Crippen molar-refractivity contribution >= 4 is 0 Å². The number of nitrogens with zero attached hydrogens (tertiary/aromatic N) is 1. The lowest BCUT2D eigenvalue weighted by Crippen LogP contribution is -2.50. The van der Waals surface area contributed by atoms with Gasteiger partial charge in [-0.05, 0) is 63.8 Å². The molecular weight excluding hydrogens is 222 g/mol. The molecule has 3 atom stereocenters. The smallest absolute Gasteiger partial charge is 0.0695 e. The van der Waals surface area contributed by atoms with Gasteiger partial charge in [0.25, 0.3) is 0 Å². The summed E-state index contributed by atoms with van der Waals surface area (Å²) in [5.74, 6) is 1.75.